The van der Waals surface area contributed by atoms with Crippen LogP contribution < -0.4 is 0 Å². The Morgan fingerprint density at radius 1 is 0.950 bits per heavy atom. The summed E-state index contributed by atoms with van der Waals surface area (Å²) in [5.74, 6) is -3.32. The highest BCUT2D eigenvalue weighted by molar-refractivity contribution is 5.72. The molecule has 9 heteroatoms. The van der Waals surface area contributed by atoms with Gasteiger partial charge in [-0.1, -0.05) is 0 Å². The highest BCUT2D eigenvalue weighted by atomic mass is 16.5. The van der Waals surface area contributed by atoms with Crippen molar-refractivity contribution in [3.8, 4) is 0 Å². The zero-order chi connectivity index (χ0) is 15.5. The minimum absolute atomic E-state index is 0.0941. The van der Waals surface area contributed by atoms with Crippen molar-refractivity contribution < 1.29 is 39.2 Å². The second-order valence-electron chi connectivity index (χ2n) is 4.06. The van der Waals surface area contributed by atoms with Crippen LogP contribution in [0.5, 0.6) is 0 Å². The van der Waals surface area contributed by atoms with Crippen LogP contribution in [-0.4, -0.2) is 83.7 Å². The van der Waals surface area contributed by atoms with Gasteiger partial charge in [0.05, 0.1) is 32.9 Å². The molecule has 0 aliphatic heterocycles. The number of hydrogen-bond donors (Lipinski definition) is 3. The van der Waals surface area contributed by atoms with E-state index in [-0.39, 0.29) is 19.8 Å². The summed E-state index contributed by atoms with van der Waals surface area (Å²) in [7, 11) is 0. The molecule has 9 nitrogen and oxygen atoms in total. The SMILES string of the molecule is CC(COCCOCC(=O)O)N(CC(=O)O)CC(=O)O. The van der Waals surface area contributed by atoms with E-state index in [1.165, 1.54) is 4.90 Å². The minimum atomic E-state index is -1.12. The number of carboxylic acid groups (broad SMARTS) is 3. The standard InChI is InChI=1S/C11H19NO8/c1-8(6-19-2-3-20-7-11(17)18)12(4-9(13)14)5-10(15)16/h8H,2-7H2,1H3,(H,13,14)(H,15,16)(H,17,18). The molecule has 1 atom stereocenters. The summed E-state index contributed by atoms with van der Waals surface area (Å²) in [5, 5.41) is 25.7. The number of carbonyl (C=O) groups is 3. The molecule has 0 aliphatic carbocycles. The Balaban J connectivity index is 3.94. The van der Waals surface area contributed by atoms with Gasteiger partial charge in [-0.15, -0.1) is 0 Å². The van der Waals surface area contributed by atoms with Gasteiger partial charge >= 0.3 is 17.9 Å². The van der Waals surface area contributed by atoms with Crippen LogP contribution in [0.15, 0.2) is 0 Å². The van der Waals surface area contributed by atoms with Crippen molar-refractivity contribution >= 4 is 17.9 Å². The summed E-state index contributed by atoms with van der Waals surface area (Å²) in [6.07, 6.45) is 0. The molecule has 20 heavy (non-hydrogen) atoms. The van der Waals surface area contributed by atoms with E-state index in [4.69, 9.17) is 24.8 Å². The van der Waals surface area contributed by atoms with Gasteiger partial charge in [0.15, 0.2) is 0 Å². The second kappa shape index (κ2) is 10.1. The summed E-state index contributed by atoms with van der Waals surface area (Å²) in [5.41, 5.74) is 0. The molecule has 0 heterocycles. The summed E-state index contributed by atoms with van der Waals surface area (Å²) in [4.78, 5) is 32.7. The maximum Gasteiger partial charge on any atom is 0.329 e. The van der Waals surface area contributed by atoms with Gasteiger partial charge in [-0.2, -0.15) is 0 Å². The molecule has 0 amide bonds. The smallest absolute Gasteiger partial charge is 0.329 e. The van der Waals surface area contributed by atoms with Crippen molar-refractivity contribution in [3.05, 3.63) is 0 Å². The zero-order valence-corrected chi connectivity index (χ0v) is 11.2. The predicted molar refractivity (Wildman–Crippen MR) is 65.6 cm³/mol. The Morgan fingerprint density at radius 2 is 1.45 bits per heavy atom. The van der Waals surface area contributed by atoms with Gasteiger partial charge in [-0.05, 0) is 6.92 Å². The minimum Gasteiger partial charge on any atom is -0.480 e. The molecule has 0 saturated heterocycles. The normalized spacial score (nSPS) is 12.3. The van der Waals surface area contributed by atoms with Crippen molar-refractivity contribution in [2.45, 2.75) is 13.0 Å². The van der Waals surface area contributed by atoms with Gasteiger partial charge in [-0.3, -0.25) is 14.5 Å². The van der Waals surface area contributed by atoms with E-state index < -0.39 is 43.6 Å². The fraction of sp³-hybridized carbons (Fsp3) is 0.727. The maximum absolute atomic E-state index is 10.6. The van der Waals surface area contributed by atoms with Crippen LogP contribution in [0.4, 0.5) is 0 Å². The van der Waals surface area contributed by atoms with E-state index in [0.29, 0.717) is 0 Å². The Hall–Kier alpha value is -1.71. The van der Waals surface area contributed by atoms with Crippen LogP contribution in [0, 0.1) is 0 Å². The topological polar surface area (TPSA) is 134 Å². The predicted octanol–water partition coefficient (Wildman–Crippen LogP) is -1.04. The van der Waals surface area contributed by atoms with Crippen LogP contribution in [0.2, 0.25) is 0 Å². The lowest BCUT2D eigenvalue weighted by molar-refractivity contribution is -0.143. The molecule has 0 aromatic rings. The molecule has 0 radical (unpaired) electrons. The summed E-state index contributed by atoms with van der Waals surface area (Å²) >= 11 is 0. The van der Waals surface area contributed by atoms with Crippen molar-refractivity contribution in [2.24, 2.45) is 0 Å². The highest BCUT2D eigenvalue weighted by Crippen LogP contribution is 2.00. The van der Waals surface area contributed by atoms with Gasteiger partial charge in [0.1, 0.15) is 6.61 Å². The largest absolute Gasteiger partial charge is 0.480 e. The summed E-state index contributed by atoms with van der Waals surface area (Å²) in [6.45, 7) is 0.797. The molecule has 0 fully saturated rings. The van der Waals surface area contributed by atoms with Crippen molar-refractivity contribution in [2.75, 3.05) is 39.5 Å². The molecule has 0 aliphatic rings. The lowest BCUT2D eigenvalue weighted by Gasteiger charge is -2.25. The van der Waals surface area contributed by atoms with E-state index in [0.717, 1.165) is 0 Å². The number of carboxylic acids is 3. The zero-order valence-electron chi connectivity index (χ0n) is 11.2. The first-order valence-electron chi connectivity index (χ1n) is 5.87. The van der Waals surface area contributed by atoms with Crippen LogP contribution in [0.1, 0.15) is 6.92 Å². The quantitative estimate of drug-likeness (QED) is 0.386. The Kier molecular flexibility index (Phi) is 9.26. The van der Waals surface area contributed by atoms with Crippen molar-refractivity contribution in [1.82, 2.24) is 4.90 Å². The van der Waals surface area contributed by atoms with E-state index in [9.17, 15) is 14.4 Å². The van der Waals surface area contributed by atoms with E-state index >= 15 is 0 Å². The first kappa shape index (κ1) is 18.3. The molecule has 0 rings (SSSR count). The Bertz CT molecular complexity index is 316. The molecule has 1 unspecified atom stereocenters. The average molecular weight is 293 g/mol. The number of aliphatic carboxylic acids is 3. The van der Waals surface area contributed by atoms with Gasteiger partial charge in [0.25, 0.3) is 0 Å². The number of nitrogens with zero attached hydrogens (tertiary/aromatic N) is 1. The molecular formula is C11H19NO8. The Labute approximate surface area is 115 Å². The van der Waals surface area contributed by atoms with E-state index in [2.05, 4.69) is 0 Å². The van der Waals surface area contributed by atoms with Gasteiger partial charge in [0.2, 0.25) is 0 Å². The third-order valence-electron chi connectivity index (χ3n) is 2.26. The lowest BCUT2D eigenvalue weighted by atomic mass is 10.3. The van der Waals surface area contributed by atoms with Crippen molar-refractivity contribution in [3.63, 3.8) is 0 Å². The molecule has 0 aromatic heterocycles. The van der Waals surface area contributed by atoms with E-state index in [1.54, 1.807) is 6.92 Å². The van der Waals surface area contributed by atoms with Gasteiger partial charge in [0, 0.05) is 6.04 Å². The Morgan fingerprint density at radius 3 is 1.90 bits per heavy atom. The third-order valence-corrected chi connectivity index (χ3v) is 2.26. The number of rotatable bonds is 12. The molecule has 0 aromatic carbocycles. The first-order valence-corrected chi connectivity index (χ1v) is 5.87. The van der Waals surface area contributed by atoms with E-state index in [1.807, 2.05) is 0 Å². The van der Waals surface area contributed by atoms with Crippen LogP contribution in [-0.2, 0) is 23.9 Å². The maximum atomic E-state index is 10.6. The molecule has 116 valence electrons. The van der Waals surface area contributed by atoms with Crippen LogP contribution >= 0.6 is 0 Å². The fourth-order valence-corrected chi connectivity index (χ4v) is 1.35. The molecule has 0 bridgehead atoms. The van der Waals surface area contributed by atoms with Crippen LogP contribution in [0.3, 0.4) is 0 Å². The van der Waals surface area contributed by atoms with Crippen molar-refractivity contribution in [1.29, 1.82) is 0 Å². The monoisotopic (exact) mass is 293 g/mol. The molecule has 0 spiro atoms. The fourth-order valence-electron chi connectivity index (χ4n) is 1.35. The third kappa shape index (κ3) is 10.2. The van der Waals surface area contributed by atoms with Crippen LogP contribution in [0.25, 0.3) is 0 Å². The van der Waals surface area contributed by atoms with Gasteiger partial charge in [-0.25, -0.2) is 4.79 Å². The molecule has 0 saturated carbocycles. The second-order valence-corrected chi connectivity index (χ2v) is 4.06. The average Bonchev–Trinajstić information content (AvgIpc) is 2.30. The first-order chi connectivity index (χ1) is 9.32. The lowest BCUT2D eigenvalue weighted by Crippen LogP contribution is -2.43. The molecule has 3 N–H and O–H groups in total. The number of ether oxygens (including phenoxy) is 2. The highest BCUT2D eigenvalue weighted by Gasteiger charge is 2.19. The number of hydrogen-bond acceptors (Lipinski definition) is 6. The summed E-state index contributed by atoms with van der Waals surface area (Å²) < 4.78 is 9.92. The van der Waals surface area contributed by atoms with Gasteiger partial charge < -0.3 is 24.8 Å². The summed E-state index contributed by atoms with van der Waals surface area (Å²) in [6, 6.07) is -0.401. The molecular weight excluding hydrogens is 274 g/mol.